The molecule has 0 spiro atoms. The minimum Gasteiger partial charge on any atom is -0.462 e. The van der Waals surface area contributed by atoms with Gasteiger partial charge in [0.15, 0.2) is 6.10 Å². The number of quaternary nitrogens is 1. The first-order chi connectivity index (χ1) is 27.4. The van der Waals surface area contributed by atoms with Crippen LogP contribution in [0.5, 0.6) is 0 Å². The number of esters is 2. The minimum atomic E-state index is -4.39. The first kappa shape index (κ1) is 54.9. The Bertz CT molecular complexity index is 1130. The van der Waals surface area contributed by atoms with Crippen LogP contribution in [0.1, 0.15) is 174 Å². The van der Waals surface area contributed by atoms with Crippen molar-refractivity contribution in [1.29, 1.82) is 0 Å². The molecule has 3 atom stereocenters. The molecule has 0 bridgehead atoms. The molecule has 0 saturated heterocycles. The summed E-state index contributed by atoms with van der Waals surface area (Å²) in [4.78, 5) is 35.3. The predicted octanol–water partition coefficient (Wildman–Crippen LogP) is 11.7. The van der Waals surface area contributed by atoms with Crippen molar-refractivity contribution in [3.8, 4) is 0 Å². The van der Waals surface area contributed by atoms with Gasteiger partial charge in [-0.1, -0.05) is 152 Å². The van der Waals surface area contributed by atoms with Gasteiger partial charge < -0.3 is 24.0 Å². The van der Waals surface area contributed by atoms with E-state index < -0.39 is 32.5 Å². The quantitative estimate of drug-likeness (QED) is 0.0204. The molecule has 2 N–H and O–H groups in total. The van der Waals surface area contributed by atoms with Crippen LogP contribution in [0.2, 0.25) is 0 Å². The molecule has 0 fully saturated rings. The van der Waals surface area contributed by atoms with Gasteiger partial charge in [-0.25, -0.2) is 4.57 Å². The highest BCUT2D eigenvalue weighted by Gasteiger charge is 2.27. The van der Waals surface area contributed by atoms with Crippen molar-refractivity contribution < 1.29 is 47.2 Å². The van der Waals surface area contributed by atoms with Crippen molar-refractivity contribution in [1.82, 2.24) is 0 Å². The molecule has 332 valence electrons. The van der Waals surface area contributed by atoms with Gasteiger partial charge in [-0.15, -0.1) is 0 Å². The second-order valence-corrected chi connectivity index (χ2v) is 17.7. The molecule has 0 heterocycles. The molecule has 0 aliphatic heterocycles. The van der Waals surface area contributed by atoms with Gasteiger partial charge in [0, 0.05) is 12.8 Å². The Morgan fingerprint density at radius 3 is 1.60 bits per heavy atom. The van der Waals surface area contributed by atoms with Crippen molar-refractivity contribution in [3.63, 3.8) is 0 Å². The summed E-state index contributed by atoms with van der Waals surface area (Å²) in [6.07, 6.45) is 41.0. The van der Waals surface area contributed by atoms with Crippen LogP contribution >= 0.6 is 7.82 Å². The molecule has 11 heteroatoms. The number of allylic oxidation sites excluding steroid dienone is 8. The average Bonchev–Trinajstić information content (AvgIpc) is 3.16. The number of phosphoric ester groups is 1. The summed E-state index contributed by atoms with van der Waals surface area (Å²) in [7, 11) is 1.43. The lowest BCUT2D eigenvalue weighted by atomic mass is 10.0. The van der Waals surface area contributed by atoms with Crippen LogP contribution in [0.15, 0.2) is 48.6 Å². The molecule has 0 rings (SSSR count). The molecule has 0 saturated carbocycles. The lowest BCUT2D eigenvalue weighted by Gasteiger charge is -2.24. The monoisotopic (exact) mass is 827 g/mol. The Labute approximate surface area is 348 Å². The summed E-state index contributed by atoms with van der Waals surface area (Å²) in [6, 6.07) is 0. The number of unbranched alkanes of at least 4 members (excludes halogenated alkanes) is 15. The number of nitrogens with zero attached hydrogens (tertiary/aromatic N) is 1. The summed E-state index contributed by atoms with van der Waals surface area (Å²) >= 11 is 0. The van der Waals surface area contributed by atoms with Gasteiger partial charge in [0.25, 0.3) is 0 Å². The summed E-state index contributed by atoms with van der Waals surface area (Å²) in [5.74, 6) is -0.880. The van der Waals surface area contributed by atoms with Gasteiger partial charge in [0.05, 0.1) is 33.9 Å². The fourth-order valence-corrected chi connectivity index (χ4v) is 6.55. The average molecular weight is 827 g/mol. The maximum absolute atomic E-state index is 12.7. The van der Waals surface area contributed by atoms with Crippen molar-refractivity contribution in [2.24, 2.45) is 0 Å². The largest absolute Gasteiger partial charge is 0.472 e. The number of hydrogen-bond donors (Lipinski definition) is 2. The highest BCUT2D eigenvalue weighted by atomic mass is 31.2. The van der Waals surface area contributed by atoms with Crippen LogP contribution in [0.3, 0.4) is 0 Å². The smallest absolute Gasteiger partial charge is 0.462 e. The number of carbonyl (C=O) groups excluding carboxylic acids is 2. The van der Waals surface area contributed by atoms with E-state index >= 15 is 0 Å². The topological polar surface area (TPSA) is 129 Å². The van der Waals surface area contributed by atoms with Gasteiger partial charge in [-0.2, -0.15) is 0 Å². The number of phosphoric acid groups is 1. The summed E-state index contributed by atoms with van der Waals surface area (Å²) in [6.45, 7) is 4.07. The first-order valence-electron chi connectivity index (χ1n) is 22.4. The second-order valence-electron chi connectivity index (χ2n) is 16.2. The highest BCUT2D eigenvalue weighted by molar-refractivity contribution is 7.47. The Kier molecular flexibility index (Phi) is 36.8. The zero-order chi connectivity index (χ0) is 42.3. The number of hydrogen-bond acceptors (Lipinski definition) is 8. The number of likely N-dealkylation sites (N-methyl/N-ethyl adjacent to an activating group) is 1. The van der Waals surface area contributed by atoms with Crippen LogP contribution in [-0.2, 0) is 32.7 Å². The van der Waals surface area contributed by atoms with Gasteiger partial charge in [0.2, 0.25) is 0 Å². The van der Waals surface area contributed by atoms with Crippen molar-refractivity contribution in [2.75, 3.05) is 47.5 Å². The third-order valence-electron chi connectivity index (χ3n) is 9.53. The third kappa shape index (κ3) is 41.9. The number of carbonyl (C=O) groups is 2. The molecule has 10 nitrogen and oxygen atoms in total. The van der Waals surface area contributed by atoms with Gasteiger partial charge >= 0.3 is 19.8 Å². The van der Waals surface area contributed by atoms with E-state index in [4.69, 9.17) is 18.5 Å². The van der Waals surface area contributed by atoms with Crippen LogP contribution in [0.25, 0.3) is 0 Å². The number of rotatable bonds is 40. The molecule has 0 amide bonds. The second kappa shape index (κ2) is 38.2. The molecule has 0 radical (unpaired) electrons. The van der Waals surface area contributed by atoms with E-state index in [-0.39, 0.29) is 32.2 Å². The summed E-state index contributed by atoms with van der Waals surface area (Å²) in [5, 5.41) is 9.57. The number of aliphatic hydroxyl groups is 1. The maximum Gasteiger partial charge on any atom is 0.472 e. The van der Waals surface area contributed by atoms with Crippen LogP contribution in [0.4, 0.5) is 0 Å². The van der Waals surface area contributed by atoms with Crippen LogP contribution in [0, 0.1) is 0 Å². The van der Waals surface area contributed by atoms with Crippen molar-refractivity contribution >= 4 is 19.8 Å². The fraction of sp³-hybridized carbons (Fsp3) is 0.783. The van der Waals surface area contributed by atoms with Crippen LogP contribution < -0.4 is 0 Å². The summed E-state index contributed by atoms with van der Waals surface area (Å²) < 4.78 is 34.2. The Morgan fingerprint density at radius 1 is 0.614 bits per heavy atom. The normalized spacial score (nSPS) is 14.6. The van der Waals surface area contributed by atoms with E-state index in [0.717, 1.165) is 64.2 Å². The van der Waals surface area contributed by atoms with E-state index in [1.807, 2.05) is 34.1 Å². The maximum atomic E-state index is 12.7. The van der Waals surface area contributed by atoms with E-state index in [1.54, 1.807) is 0 Å². The number of aliphatic hydroxyl groups excluding tert-OH is 1. The standard InChI is InChI=1S/C46H84NO9P/c1-6-8-9-10-11-12-13-14-15-20-23-26-29-32-35-38-46(50)56-44(42-55-57(51,52)54-40-39-47(3,4)5)41-53-45(49)37-34-31-28-25-22-19-17-16-18-21-24-27-30-33-36-43(48)7-2/h17-19,21,25,27-28,30,43-44,48H,6-16,20,22-24,26,29,31-42H2,1-5H3/p+1/b19-17-,21-18-,28-25-,30-27-/t43-,44+/m0/s1. The summed E-state index contributed by atoms with van der Waals surface area (Å²) in [5.41, 5.74) is 0. The lowest BCUT2D eigenvalue weighted by molar-refractivity contribution is -0.870. The van der Waals surface area contributed by atoms with E-state index in [9.17, 15) is 24.2 Å². The predicted molar refractivity (Wildman–Crippen MR) is 235 cm³/mol. The third-order valence-corrected chi connectivity index (χ3v) is 10.5. The Morgan fingerprint density at radius 2 is 1.09 bits per heavy atom. The van der Waals surface area contributed by atoms with E-state index in [0.29, 0.717) is 23.9 Å². The van der Waals surface area contributed by atoms with E-state index in [2.05, 4.69) is 49.5 Å². The molecule has 0 aromatic carbocycles. The molecular weight excluding hydrogens is 741 g/mol. The molecular formula is C46H85NO9P+. The molecule has 0 aromatic heterocycles. The fourth-order valence-electron chi connectivity index (χ4n) is 5.81. The van der Waals surface area contributed by atoms with Crippen LogP contribution in [-0.4, -0.2) is 86.1 Å². The Hall–Kier alpha value is -2.07. The highest BCUT2D eigenvalue weighted by Crippen LogP contribution is 2.43. The minimum absolute atomic E-state index is 0.0172. The van der Waals surface area contributed by atoms with Gasteiger partial charge in [0.1, 0.15) is 19.8 Å². The first-order valence-corrected chi connectivity index (χ1v) is 23.9. The van der Waals surface area contributed by atoms with E-state index in [1.165, 1.54) is 70.6 Å². The zero-order valence-corrected chi connectivity index (χ0v) is 37.8. The zero-order valence-electron chi connectivity index (χ0n) is 36.9. The SMILES string of the molecule is CCCCCCCCCCCCCCCCCC(=O)O[C@H](COC(=O)CCC/C=C\C/C=C\C/C=C\C/C=C\CC[C@@H](O)CC)COP(=O)(O)OCC[N+](C)(C)C. The van der Waals surface area contributed by atoms with Crippen molar-refractivity contribution in [2.45, 2.75) is 187 Å². The van der Waals surface area contributed by atoms with Gasteiger partial charge in [-0.05, 0) is 57.8 Å². The molecule has 57 heavy (non-hydrogen) atoms. The molecule has 0 aromatic rings. The molecule has 0 aliphatic rings. The molecule has 0 aliphatic carbocycles. The van der Waals surface area contributed by atoms with Crippen molar-refractivity contribution in [3.05, 3.63) is 48.6 Å². The Balaban J connectivity index is 4.44. The lowest BCUT2D eigenvalue weighted by Crippen LogP contribution is -2.37. The number of ether oxygens (including phenoxy) is 2. The van der Waals surface area contributed by atoms with Gasteiger partial charge in [-0.3, -0.25) is 18.6 Å². The molecule has 1 unspecified atom stereocenters.